The molecule has 1 atom stereocenters. The summed E-state index contributed by atoms with van der Waals surface area (Å²) in [5.41, 5.74) is 3.58. The Labute approximate surface area is 178 Å². The number of amides is 1. The first-order valence-corrected chi connectivity index (χ1v) is 10.1. The molecular weight excluding hydrogens is 397 g/mol. The summed E-state index contributed by atoms with van der Waals surface area (Å²) >= 11 is 0. The van der Waals surface area contributed by atoms with Gasteiger partial charge in [0.1, 0.15) is 12.1 Å². The highest BCUT2D eigenvalue weighted by Crippen LogP contribution is 2.41. The van der Waals surface area contributed by atoms with E-state index in [0.717, 1.165) is 35.3 Å². The van der Waals surface area contributed by atoms with Crippen molar-refractivity contribution in [2.24, 2.45) is 5.41 Å². The van der Waals surface area contributed by atoms with Crippen LogP contribution in [0.25, 0.3) is 11.5 Å². The maximum atomic E-state index is 13.4. The summed E-state index contributed by atoms with van der Waals surface area (Å²) in [7, 11) is 0. The average molecular weight is 419 g/mol. The molecule has 4 aromatic rings. The number of hydrogen-bond donors (Lipinski definition) is 1. The van der Waals surface area contributed by atoms with Crippen molar-refractivity contribution >= 4 is 11.7 Å². The molecule has 3 heterocycles. The quantitative estimate of drug-likeness (QED) is 0.549. The van der Waals surface area contributed by atoms with E-state index in [1.54, 1.807) is 29.0 Å². The molecule has 0 radical (unpaired) electrons. The van der Waals surface area contributed by atoms with Gasteiger partial charge in [0.2, 0.25) is 5.91 Å². The highest BCUT2D eigenvalue weighted by molar-refractivity contribution is 5.79. The van der Waals surface area contributed by atoms with Gasteiger partial charge in [0.15, 0.2) is 0 Å². The van der Waals surface area contributed by atoms with E-state index in [2.05, 4.69) is 39.3 Å². The zero-order valence-electron chi connectivity index (χ0n) is 17.3. The number of hydrogen-bond acceptors (Lipinski definition) is 5. The molecule has 1 aliphatic carbocycles. The fourth-order valence-electron chi connectivity index (χ4n) is 4.26. The molecule has 1 N–H and O–H groups in total. The van der Waals surface area contributed by atoms with Crippen LogP contribution in [0.3, 0.4) is 0 Å². The second-order valence-corrected chi connectivity index (χ2v) is 8.74. The van der Waals surface area contributed by atoms with Gasteiger partial charge in [-0.1, -0.05) is 13.8 Å². The van der Waals surface area contributed by atoms with E-state index in [1.165, 1.54) is 18.5 Å². The Hall–Kier alpha value is -3.62. The van der Waals surface area contributed by atoms with Gasteiger partial charge in [-0.2, -0.15) is 15.2 Å². The molecule has 5 rings (SSSR count). The summed E-state index contributed by atoms with van der Waals surface area (Å²) in [6, 6.07) is 6.13. The van der Waals surface area contributed by atoms with Gasteiger partial charge >= 0.3 is 0 Å². The molecule has 1 aliphatic rings. The molecule has 0 fully saturated rings. The van der Waals surface area contributed by atoms with Gasteiger partial charge in [0, 0.05) is 18.0 Å². The van der Waals surface area contributed by atoms with E-state index in [4.69, 9.17) is 0 Å². The van der Waals surface area contributed by atoms with Crippen LogP contribution in [0.15, 0.2) is 49.2 Å². The number of nitrogens with one attached hydrogen (secondary N) is 1. The van der Waals surface area contributed by atoms with Gasteiger partial charge in [-0.3, -0.25) is 4.79 Å². The van der Waals surface area contributed by atoms with Crippen molar-refractivity contribution in [1.82, 2.24) is 34.7 Å². The highest BCUT2D eigenvalue weighted by Gasteiger charge is 2.36. The van der Waals surface area contributed by atoms with Crippen LogP contribution in [-0.4, -0.2) is 35.3 Å². The number of rotatable bonds is 4. The Bertz CT molecular complexity index is 1260. The molecule has 1 aromatic carbocycles. The molecule has 0 saturated heterocycles. The fourth-order valence-corrected chi connectivity index (χ4v) is 4.26. The van der Waals surface area contributed by atoms with Gasteiger partial charge < -0.3 is 5.32 Å². The monoisotopic (exact) mass is 419 g/mol. The van der Waals surface area contributed by atoms with Crippen molar-refractivity contribution in [1.29, 1.82) is 0 Å². The normalized spacial score (nSPS) is 17.5. The minimum Gasteiger partial charge on any atom is -0.349 e. The van der Waals surface area contributed by atoms with Gasteiger partial charge in [-0.25, -0.2) is 18.6 Å². The van der Waals surface area contributed by atoms with E-state index in [9.17, 15) is 9.18 Å². The standard InChI is InChI=1S/C22H22FN7O/c1-22(2)8-18(28-20(31)7-14-10-24-21-25-13-27-29(21)12-14)17-11-26-30(19(17)9-22)16-5-3-15(23)4-6-16/h3-6,10-13,18H,7-9H2,1-2H3,(H,28,31)/t18-/m0/s1. The third kappa shape index (κ3) is 3.78. The number of carbonyl (C=O) groups is 1. The van der Waals surface area contributed by atoms with Crippen molar-refractivity contribution < 1.29 is 9.18 Å². The zero-order valence-corrected chi connectivity index (χ0v) is 17.3. The number of aromatic nitrogens is 6. The molecule has 0 saturated carbocycles. The van der Waals surface area contributed by atoms with Crippen LogP contribution in [0.1, 0.15) is 43.1 Å². The molecular formula is C22H22FN7O. The van der Waals surface area contributed by atoms with Crippen LogP contribution in [-0.2, 0) is 17.6 Å². The van der Waals surface area contributed by atoms with E-state index < -0.39 is 0 Å². The summed E-state index contributed by atoms with van der Waals surface area (Å²) in [5, 5.41) is 11.8. The number of halogens is 1. The summed E-state index contributed by atoms with van der Waals surface area (Å²) in [4.78, 5) is 21.1. The maximum Gasteiger partial charge on any atom is 0.252 e. The Morgan fingerprint density at radius 2 is 2.00 bits per heavy atom. The number of fused-ring (bicyclic) bond motifs is 2. The molecule has 0 bridgehead atoms. The van der Waals surface area contributed by atoms with Gasteiger partial charge in [0.25, 0.3) is 5.78 Å². The average Bonchev–Trinajstić information content (AvgIpc) is 3.34. The molecule has 1 amide bonds. The Morgan fingerprint density at radius 3 is 2.81 bits per heavy atom. The molecule has 0 unspecified atom stereocenters. The van der Waals surface area contributed by atoms with Gasteiger partial charge in [0.05, 0.1) is 30.0 Å². The van der Waals surface area contributed by atoms with E-state index in [1.807, 2.05) is 10.9 Å². The van der Waals surface area contributed by atoms with Crippen LogP contribution in [0.4, 0.5) is 4.39 Å². The number of nitrogens with zero attached hydrogens (tertiary/aromatic N) is 6. The largest absolute Gasteiger partial charge is 0.349 e. The Kier molecular flexibility index (Phi) is 4.53. The van der Waals surface area contributed by atoms with E-state index in [-0.39, 0.29) is 29.6 Å². The van der Waals surface area contributed by atoms with Crippen molar-refractivity contribution in [3.05, 3.63) is 71.8 Å². The van der Waals surface area contributed by atoms with E-state index in [0.29, 0.717) is 5.78 Å². The lowest BCUT2D eigenvalue weighted by atomic mass is 9.74. The summed E-state index contributed by atoms with van der Waals surface area (Å²) in [6.45, 7) is 4.36. The summed E-state index contributed by atoms with van der Waals surface area (Å²) in [5.74, 6) is 0.120. The summed E-state index contributed by atoms with van der Waals surface area (Å²) < 4.78 is 16.7. The highest BCUT2D eigenvalue weighted by atomic mass is 19.1. The van der Waals surface area contributed by atoms with Crippen LogP contribution < -0.4 is 5.32 Å². The molecule has 9 heteroatoms. The second kappa shape index (κ2) is 7.26. The van der Waals surface area contributed by atoms with Gasteiger partial charge in [-0.05, 0) is 48.1 Å². The number of carbonyl (C=O) groups excluding carboxylic acids is 1. The molecule has 31 heavy (non-hydrogen) atoms. The predicted octanol–water partition coefficient (Wildman–Crippen LogP) is 2.82. The van der Waals surface area contributed by atoms with Crippen molar-refractivity contribution in [2.75, 3.05) is 0 Å². The molecule has 8 nitrogen and oxygen atoms in total. The molecule has 158 valence electrons. The van der Waals surface area contributed by atoms with Crippen molar-refractivity contribution in [3.63, 3.8) is 0 Å². The first-order chi connectivity index (χ1) is 14.9. The minimum atomic E-state index is -0.284. The topological polar surface area (TPSA) is 90.0 Å². The Balaban J connectivity index is 1.39. The number of benzene rings is 1. The molecule has 0 spiro atoms. The lowest BCUT2D eigenvalue weighted by Gasteiger charge is -2.36. The zero-order chi connectivity index (χ0) is 21.6. The van der Waals surface area contributed by atoms with Crippen LogP contribution in [0, 0.1) is 11.2 Å². The van der Waals surface area contributed by atoms with Crippen molar-refractivity contribution in [3.8, 4) is 5.69 Å². The summed E-state index contributed by atoms with van der Waals surface area (Å²) in [6.07, 6.45) is 8.46. The third-order valence-corrected chi connectivity index (χ3v) is 5.64. The lowest BCUT2D eigenvalue weighted by molar-refractivity contribution is -0.121. The smallest absolute Gasteiger partial charge is 0.252 e. The SMILES string of the molecule is CC1(C)Cc2c(cnn2-c2ccc(F)cc2)[C@@H](NC(=O)Cc2cnc3ncnn3c2)C1. The maximum absolute atomic E-state index is 13.4. The minimum absolute atomic E-state index is 0.0239. The van der Waals surface area contributed by atoms with Crippen LogP contribution in [0.2, 0.25) is 0 Å². The van der Waals surface area contributed by atoms with Crippen molar-refractivity contribution in [2.45, 2.75) is 39.2 Å². The predicted molar refractivity (Wildman–Crippen MR) is 111 cm³/mol. The van der Waals surface area contributed by atoms with Crippen LogP contribution >= 0.6 is 0 Å². The lowest BCUT2D eigenvalue weighted by Crippen LogP contribution is -2.37. The van der Waals surface area contributed by atoms with E-state index >= 15 is 0 Å². The fraction of sp³-hybridized carbons (Fsp3) is 0.318. The molecule has 3 aromatic heterocycles. The first kappa shape index (κ1) is 19.3. The van der Waals surface area contributed by atoms with Crippen LogP contribution in [0.5, 0.6) is 0 Å². The molecule has 0 aliphatic heterocycles. The first-order valence-electron chi connectivity index (χ1n) is 10.1. The third-order valence-electron chi connectivity index (χ3n) is 5.64. The second-order valence-electron chi connectivity index (χ2n) is 8.74. The van der Waals surface area contributed by atoms with Gasteiger partial charge in [-0.15, -0.1) is 0 Å². The Morgan fingerprint density at radius 1 is 1.19 bits per heavy atom.